The van der Waals surface area contributed by atoms with E-state index in [1.165, 1.54) is 6.33 Å². The first-order valence-electron chi connectivity index (χ1n) is 6.10. The van der Waals surface area contributed by atoms with Gasteiger partial charge in [-0.15, -0.1) is 0 Å². The van der Waals surface area contributed by atoms with E-state index in [0.29, 0.717) is 12.1 Å². The lowest BCUT2D eigenvalue weighted by Crippen LogP contribution is -2.04. The molecule has 20 heavy (non-hydrogen) atoms. The van der Waals surface area contributed by atoms with Crippen LogP contribution in [0, 0.1) is 6.92 Å². The molecule has 3 aromatic rings. The Bertz CT molecular complexity index is 780. The number of aromatic carboxylic acids is 1. The van der Waals surface area contributed by atoms with Crippen molar-refractivity contribution < 1.29 is 9.90 Å². The van der Waals surface area contributed by atoms with Gasteiger partial charge in [0.05, 0.1) is 28.8 Å². The third-order valence-corrected chi connectivity index (χ3v) is 3.15. The molecule has 6 nitrogen and oxygen atoms in total. The van der Waals surface area contributed by atoms with E-state index in [-0.39, 0.29) is 5.56 Å². The van der Waals surface area contributed by atoms with Crippen molar-refractivity contribution in [1.29, 1.82) is 0 Å². The number of carboxylic acid groups (broad SMARTS) is 1. The van der Waals surface area contributed by atoms with E-state index in [4.69, 9.17) is 5.11 Å². The lowest BCUT2D eigenvalue weighted by atomic mass is 10.2. The van der Waals surface area contributed by atoms with E-state index in [1.807, 2.05) is 17.6 Å². The van der Waals surface area contributed by atoms with E-state index >= 15 is 0 Å². The number of hydrogen-bond donors (Lipinski definition) is 1. The van der Waals surface area contributed by atoms with Crippen molar-refractivity contribution in [3.63, 3.8) is 0 Å². The van der Waals surface area contributed by atoms with Gasteiger partial charge in [-0.25, -0.2) is 19.7 Å². The van der Waals surface area contributed by atoms with Crippen LogP contribution in [0.5, 0.6) is 0 Å². The van der Waals surface area contributed by atoms with E-state index < -0.39 is 5.97 Å². The third-order valence-electron chi connectivity index (χ3n) is 3.15. The minimum absolute atomic E-state index is 0.240. The zero-order valence-corrected chi connectivity index (χ0v) is 10.8. The highest BCUT2D eigenvalue weighted by Gasteiger charge is 2.11. The molecule has 2 aromatic heterocycles. The summed E-state index contributed by atoms with van der Waals surface area (Å²) in [4.78, 5) is 23.5. The molecule has 0 amide bonds. The largest absolute Gasteiger partial charge is 0.478 e. The molecule has 0 unspecified atom stereocenters. The van der Waals surface area contributed by atoms with E-state index in [0.717, 1.165) is 17.0 Å². The van der Waals surface area contributed by atoms with Gasteiger partial charge in [-0.2, -0.15) is 0 Å². The summed E-state index contributed by atoms with van der Waals surface area (Å²) >= 11 is 0. The molecular weight excluding hydrogens is 256 g/mol. The molecule has 0 radical (unpaired) electrons. The average Bonchev–Trinajstić information content (AvgIpc) is 2.75. The summed E-state index contributed by atoms with van der Waals surface area (Å²) in [5.41, 5.74) is 2.69. The number of carbonyl (C=O) groups is 1. The molecular formula is C14H12N4O2. The van der Waals surface area contributed by atoms with Gasteiger partial charge in [0, 0.05) is 6.20 Å². The van der Waals surface area contributed by atoms with Gasteiger partial charge in [0.1, 0.15) is 12.2 Å². The van der Waals surface area contributed by atoms with Crippen molar-refractivity contribution in [2.24, 2.45) is 0 Å². The number of aromatic nitrogens is 4. The molecule has 0 atom stereocenters. The number of carboxylic acids is 1. The highest BCUT2D eigenvalue weighted by Crippen LogP contribution is 2.18. The minimum atomic E-state index is -0.949. The third kappa shape index (κ3) is 2.11. The molecule has 0 fully saturated rings. The Morgan fingerprint density at radius 3 is 2.90 bits per heavy atom. The zero-order chi connectivity index (χ0) is 14.1. The maximum Gasteiger partial charge on any atom is 0.335 e. The van der Waals surface area contributed by atoms with Crippen molar-refractivity contribution in [2.45, 2.75) is 13.5 Å². The fourth-order valence-corrected chi connectivity index (χ4v) is 2.16. The van der Waals surface area contributed by atoms with Crippen molar-refractivity contribution in [2.75, 3.05) is 0 Å². The summed E-state index contributed by atoms with van der Waals surface area (Å²) in [6.07, 6.45) is 3.20. The van der Waals surface area contributed by atoms with Crippen LogP contribution in [0.4, 0.5) is 0 Å². The Hall–Kier alpha value is -2.76. The fourth-order valence-electron chi connectivity index (χ4n) is 2.16. The molecule has 0 aliphatic rings. The number of hydrogen-bond acceptors (Lipinski definition) is 4. The second-order valence-electron chi connectivity index (χ2n) is 4.45. The Morgan fingerprint density at radius 1 is 1.35 bits per heavy atom. The molecule has 100 valence electrons. The first-order valence-corrected chi connectivity index (χ1v) is 6.10. The molecule has 0 bridgehead atoms. The quantitative estimate of drug-likeness (QED) is 0.784. The average molecular weight is 268 g/mol. The van der Waals surface area contributed by atoms with Gasteiger partial charge < -0.3 is 9.67 Å². The van der Waals surface area contributed by atoms with E-state index in [1.54, 1.807) is 24.4 Å². The first-order chi connectivity index (χ1) is 9.65. The molecule has 0 aliphatic heterocycles. The van der Waals surface area contributed by atoms with Crippen molar-refractivity contribution in [1.82, 2.24) is 19.5 Å². The van der Waals surface area contributed by atoms with Gasteiger partial charge in [0.15, 0.2) is 0 Å². The monoisotopic (exact) mass is 268 g/mol. The standard InChI is InChI=1S/C14H12N4O2/c1-9-17-12-6-10(14(19)20)2-3-13(12)18(9)7-11-4-5-15-8-16-11/h2-6,8H,7H2,1H3,(H,19,20). The fraction of sp³-hybridized carbons (Fsp3) is 0.143. The van der Waals surface area contributed by atoms with Crippen LogP contribution in [0.25, 0.3) is 11.0 Å². The van der Waals surface area contributed by atoms with Crippen LogP contribution in [0.2, 0.25) is 0 Å². The van der Waals surface area contributed by atoms with Crippen LogP contribution < -0.4 is 0 Å². The lowest BCUT2D eigenvalue weighted by molar-refractivity contribution is 0.0697. The number of nitrogens with zero attached hydrogens (tertiary/aromatic N) is 4. The number of benzene rings is 1. The smallest absolute Gasteiger partial charge is 0.335 e. The summed E-state index contributed by atoms with van der Waals surface area (Å²) in [5, 5.41) is 9.00. The van der Waals surface area contributed by atoms with Crippen molar-refractivity contribution in [3.8, 4) is 0 Å². The number of aryl methyl sites for hydroxylation is 1. The van der Waals surface area contributed by atoms with Crippen LogP contribution in [-0.2, 0) is 6.54 Å². The molecule has 1 aromatic carbocycles. The topological polar surface area (TPSA) is 80.9 Å². The Morgan fingerprint density at radius 2 is 2.20 bits per heavy atom. The SMILES string of the molecule is Cc1nc2cc(C(=O)O)ccc2n1Cc1ccncn1. The number of rotatable bonds is 3. The normalized spacial score (nSPS) is 10.8. The lowest BCUT2D eigenvalue weighted by Gasteiger charge is -2.06. The molecule has 1 N–H and O–H groups in total. The van der Waals surface area contributed by atoms with Crippen LogP contribution in [0.15, 0.2) is 36.8 Å². The van der Waals surface area contributed by atoms with E-state index in [9.17, 15) is 4.79 Å². The minimum Gasteiger partial charge on any atom is -0.478 e. The second-order valence-corrected chi connectivity index (χ2v) is 4.45. The van der Waals surface area contributed by atoms with Crippen LogP contribution >= 0.6 is 0 Å². The van der Waals surface area contributed by atoms with Gasteiger partial charge in [-0.05, 0) is 31.2 Å². The Balaban J connectivity index is 2.07. The highest BCUT2D eigenvalue weighted by molar-refractivity contribution is 5.92. The maximum atomic E-state index is 11.0. The van der Waals surface area contributed by atoms with Gasteiger partial charge in [0.25, 0.3) is 0 Å². The molecule has 2 heterocycles. The summed E-state index contributed by atoms with van der Waals surface area (Å²) in [6, 6.07) is 6.79. The summed E-state index contributed by atoms with van der Waals surface area (Å²) in [6.45, 7) is 2.47. The van der Waals surface area contributed by atoms with Gasteiger partial charge in [-0.3, -0.25) is 0 Å². The zero-order valence-electron chi connectivity index (χ0n) is 10.8. The number of imidazole rings is 1. The molecule has 0 aliphatic carbocycles. The summed E-state index contributed by atoms with van der Waals surface area (Å²) in [5.74, 6) is -0.129. The predicted octanol–water partition coefficient (Wildman–Crippen LogP) is 1.88. The second kappa shape index (κ2) is 4.73. The molecule has 3 rings (SSSR count). The van der Waals surface area contributed by atoms with Gasteiger partial charge >= 0.3 is 5.97 Å². The van der Waals surface area contributed by atoms with Gasteiger partial charge in [0.2, 0.25) is 0 Å². The predicted molar refractivity (Wildman–Crippen MR) is 72.6 cm³/mol. The Kier molecular flexibility index (Phi) is 2.90. The summed E-state index contributed by atoms with van der Waals surface area (Å²) < 4.78 is 2.00. The summed E-state index contributed by atoms with van der Waals surface area (Å²) in [7, 11) is 0. The molecule has 0 saturated heterocycles. The van der Waals surface area contributed by atoms with Crippen LogP contribution in [0.3, 0.4) is 0 Å². The molecule has 6 heteroatoms. The highest BCUT2D eigenvalue weighted by atomic mass is 16.4. The van der Waals surface area contributed by atoms with Crippen LogP contribution in [-0.4, -0.2) is 30.6 Å². The maximum absolute atomic E-state index is 11.0. The van der Waals surface area contributed by atoms with Crippen molar-refractivity contribution in [3.05, 3.63) is 53.9 Å². The van der Waals surface area contributed by atoms with Crippen LogP contribution in [0.1, 0.15) is 21.9 Å². The van der Waals surface area contributed by atoms with Crippen molar-refractivity contribution >= 4 is 17.0 Å². The van der Waals surface area contributed by atoms with Gasteiger partial charge in [-0.1, -0.05) is 0 Å². The molecule has 0 spiro atoms. The molecule has 0 saturated carbocycles. The van der Waals surface area contributed by atoms with E-state index in [2.05, 4.69) is 15.0 Å². The first kappa shape index (κ1) is 12.3. The Labute approximate surface area is 114 Å². The number of fused-ring (bicyclic) bond motifs is 1.